The van der Waals surface area contributed by atoms with Crippen LogP contribution in [0.3, 0.4) is 0 Å². The number of benzene rings is 1. The summed E-state index contributed by atoms with van der Waals surface area (Å²) in [5.74, 6) is -0.643. The number of fused-ring (bicyclic) bond motifs is 6. The van der Waals surface area contributed by atoms with Crippen molar-refractivity contribution in [2.45, 2.75) is 74.8 Å². The third-order valence-corrected chi connectivity index (χ3v) is 9.42. The molecule has 5 fully saturated rings. The van der Waals surface area contributed by atoms with E-state index in [1.807, 2.05) is 17.0 Å². The zero-order chi connectivity index (χ0) is 30.1. The molecule has 6 rings (SSSR count). The van der Waals surface area contributed by atoms with E-state index in [0.29, 0.717) is 64.3 Å². The average molecular weight is 603 g/mol. The molecule has 7 atom stereocenters. The Kier molecular flexibility index (Phi) is 9.17. The van der Waals surface area contributed by atoms with Crippen molar-refractivity contribution in [1.29, 1.82) is 0 Å². The van der Waals surface area contributed by atoms with Crippen LogP contribution in [0.25, 0.3) is 0 Å². The van der Waals surface area contributed by atoms with Crippen LogP contribution in [0.2, 0.25) is 0 Å². The number of para-hydroxylation sites is 1. The fourth-order valence-corrected chi connectivity index (χ4v) is 7.08. The molecular formula is C30H42N4O9. The zero-order valence-electron chi connectivity index (χ0n) is 24.3. The smallest absolute Gasteiger partial charge is 0.240 e. The van der Waals surface area contributed by atoms with Gasteiger partial charge in [0.1, 0.15) is 24.1 Å². The van der Waals surface area contributed by atoms with Crippen LogP contribution in [0.5, 0.6) is 5.75 Å². The number of carbonyl (C=O) groups excluding carboxylic acids is 3. The SMILES string of the molecule is O=C1C[C@@H]2O[C@H](CN(C(=O)C3CCOCC3)C[C@@H]3CN(CCO3)C(=O)[C@@H]3C[C@@H](CN3Cc3ccccc3O)N1)[C@@H](O)[C@H]2O. The number of aromatic hydroxyl groups is 1. The van der Waals surface area contributed by atoms with Crippen LogP contribution in [0, 0.1) is 5.92 Å². The minimum atomic E-state index is -1.29. The van der Waals surface area contributed by atoms with Gasteiger partial charge in [-0.25, -0.2) is 0 Å². The third-order valence-electron chi connectivity index (χ3n) is 9.42. The monoisotopic (exact) mass is 602 g/mol. The molecule has 0 spiro atoms. The molecule has 1 aromatic rings. The third kappa shape index (κ3) is 6.66. The Morgan fingerprint density at radius 1 is 0.977 bits per heavy atom. The maximum absolute atomic E-state index is 14.0. The Morgan fingerprint density at radius 3 is 2.53 bits per heavy atom. The predicted molar refractivity (Wildman–Crippen MR) is 151 cm³/mol. The number of rotatable bonds is 3. The second kappa shape index (κ2) is 13.0. The van der Waals surface area contributed by atoms with Gasteiger partial charge in [-0.15, -0.1) is 0 Å². The number of morpholine rings is 1. The fraction of sp³-hybridized carbons (Fsp3) is 0.700. The molecule has 13 heteroatoms. The van der Waals surface area contributed by atoms with Gasteiger partial charge in [-0.05, 0) is 25.3 Å². The van der Waals surface area contributed by atoms with E-state index in [9.17, 15) is 29.7 Å². The van der Waals surface area contributed by atoms with E-state index in [1.165, 1.54) is 0 Å². The van der Waals surface area contributed by atoms with Crippen molar-refractivity contribution in [3.05, 3.63) is 29.8 Å². The number of hydrogen-bond donors (Lipinski definition) is 4. The summed E-state index contributed by atoms with van der Waals surface area (Å²) in [5.41, 5.74) is 0.683. The molecule has 1 aromatic carbocycles. The van der Waals surface area contributed by atoms with E-state index in [2.05, 4.69) is 5.32 Å². The Balaban J connectivity index is 1.27. The first-order valence-electron chi connectivity index (χ1n) is 15.4. The van der Waals surface area contributed by atoms with Gasteiger partial charge in [0.2, 0.25) is 17.7 Å². The average Bonchev–Trinajstić information content (AvgIpc) is 3.52. The number of phenolic OH excluding ortho intramolecular Hbond substituents is 1. The van der Waals surface area contributed by atoms with Gasteiger partial charge < -0.3 is 44.6 Å². The molecule has 6 bridgehead atoms. The van der Waals surface area contributed by atoms with Gasteiger partial charge in [-0.1, -0.05) is 18.2 Å². The highest BCUT2D eigenvalue weighted by molar-refractivity contribution is 5.83. The molecule has 4 N–H and O–H groups in total. The van der Waals surface area contributed by atoms with Crippen LogP contribution in [-0.4, -0.2) is 143 Å². The van der Waals surface area contributed by atoms with Gasteiger partial charge in [0, 0.05) is 70.0 Å². The van der Waals surface area contributed by atoms with E-state index >= 15 is 0 Å². The summed E-state index contributed by atoms with van der Waals surface area (Å²) in [4.78, 5) is 46.2. The molecule has 5 aliphatic heterocycles. The van der Waals surface area contributed by atoms with E-state index < -0.39 is 36.6 Å². The summed E-state index contributed by atoms with van der Waals surface area (Å²) in [5, 5.41) is 35.1. The van der Waals surface area contributed by atoms with Crippen molar-refractivity contribution in [3.8, 4) is 5.75 Å². The molecule has 5 heterocycles. The van der Waals surface area contributed by atoms with Crippen LogP contribution >= 0.6 is 0 Å². The van der Waals surface area contributed by atoms with Gasteiger partial charge >= 0.3 is 0 Å². The quantitative estimate of drug-likeness (QED) is 0.332. The Bertz CT molecular complexity index is 1180. The number of nitrogens with one attached hydrogen (secondary N) is 1. The fourth-order valence-electron chi connectivity index (χ4n) is 7.08. The van der Waals surface area contributed by atoms with E-state index in [4.69, 9.17) is 14.2 Å². The number of amides is 3. The molecule has 0 radical (unpaired) electrons. The zero-order valence-corrected chi connectivity index (χ0v) is 24.3. The van der Waals surface area contributed by atoms with Crippen LogP contribution in [-0.2, 0) is 35.1 Å². The van der Waals surface area contributed by atoms with Crippen molar-refractivity contribution in [3.63, 3.8) is 0 Å². The van der Waals surface area contributed by atoms with Gasteiger partial charge in [0.15, 0.2) is 0 Å². The molecule has 236 valence electrons. The summed E-state index contributed by atoms with van der Waals surface area (Å²) in [7, 11) is 0. The van der Waals surface area contributed by atoms with E-state index in [-0.39, 0.29) is 61.5 Å². The van der Waals surface area contributed by atoms with E-state index in [0.717, 1.165) is 0 Å². The number of nitrogens with zero attached hydrogens (tertiary/aromatic N) is 3. The molecule has 5 saturated heterocycles. The molecule has 0 aliphatic carbocycles. The summed E-state index contributed by atoms with van der Waals surface area (Å²) >= 11 is 0. The first-order valence-corrected chi connectivity index (χ1v) is 15.4. The first-order chi connectivity index (χ1) is 20.8. The van der Waals surface area contributed by atoms with Crippen LogP contribution < -0.4 is 5.32 Å². The summed E-state index contributed by atoms with van der Waals surface area (Å²) in [6, 6.07) is 6.13. The maximum atomic E-state index is 14.0. The van der Waals surface area contributed by atoms with Crippen molar-refractivity contribution in [1.82, 2.24) is 20.0 Å². The largest absolute Gasteiger partial charge is 0.508 e. The van der Waals surface area contributed by atoms with Crippen molar-refractivity contribution < 1.29 is 43.9 Å². The Labute approximate surface area is 250 Å². The maximum Gasteiger partial charge on any atom is 0.240 e. The summed E-state index contributed by atoms with van der Waals surface area (Å²) in [6.45, 7) is 2.93. The molecule has 43 heavy (non-hydrogen) atoms. The van der Waals surface area contributed by atoms with Crippen molar-refractivity contribution in [2.24, 2.45) is 5.92 Å². The molecule has 0 saturated carbocycles. The number of likely N-dealkylation sites (tertiary alicyclic amines) is 1. The lowest BCUT2D eigenvalue weighted by Crippen LogP contribution is -2.56. The topological polar surface area (TPSA) is 161 Å². The Morgan fingerprint density at radius 2 is 1.74 bits per heavy atom. The van der Waals surface area contributed by atoms with Gasteiger partial charge in [-0.3, -0.25) is 19.3 Å². The van der Waals surface area contributed by atoms with Crippen LogP contribution in [0.15, 0.2) is 24.3 Å². The number of hydrogen-bond acceptors (Lipinski definition) is 10. The predicted octanol–water partition coefficient (Wildman–Crippen LogP) is -1.17. The Hall–Kier alpha value is -2.81. The first kappa shape index (κ1) is 30.2. The number of carbonyl (C=O) groups is 3. The lowest BCUT2D eigenvalue weighted by atomic mass is 9.97. The van der Waals surface area contributed by atoms with Crippen molar-refractivity contribution in [2.75, 3.05) is 52.5 Å². The minimum absolute atomic E-state index is 0.0277. The van der Waals surface area contributed by atoms with Gasteiger partial charge in [0.05, 0.1) is 31.3 Å². The second-order valence-corrected chi connectivity index (χ2v) is 12.4. The second-order valence-electron chi connectivity index (χ2n) is 12.4. The molecule has 3 amide bonds. The number of aliphatic hydroxyl groups is 2. The minimum Gasteiger partial charge on any atom is -0.508 e. The highest BCUT2D eigenvalue weighted by atomic mass is 16.5. The van der Waals surface area contributed by atoms with Crippen LogP contribution in [0.4, 0.5) is 0 Å². The normalized spacial score (nSPS) is 34.8. The highest BCUT2D eigenvalue weighted by Crippen LogP contribution is 2.29. The van der Waals surface area contributed by atoms with Gasteiger partial charge in [0.25, 0.3) is 0 Å². The molecule has 5 aliphatic rings. The summed E-state index contributed by atoms with van der Waals surface area (Å²) < 4.78 is 17.5. The standard InChI is InChI=1S/C30H42N4O9/c35-23-4-2-1-3-19(23)13-33-14-20-11-22(33)30(40)32-7-10-42-21(15-32)16-34(29(39)18-5-8-41-9-6-18)17-25-28(38)27(37)24(43-25)12-26(36)31-20/h1-4,18,20-22,24-25,27-28,35,37-38H,5-17H2,(H,31,36)/t20-,21-,22-,24-,25+,27-,28+/m0/s1. The molecule has 0 unspecified atom stereocenters. The van der Waals surface area contributed by atoms with E-state index in [1.54, 1.807) is 21.9 Å². The van der Waals surface area contributed by atoms with Crippen molar-refractivity contribution >= 4 is 17.7 Å². The lowest BCUT2D eigenvalue weighted by Gasteiger charge is -2.39. The van der Waals surface area contributed by atoms with Gasteiger partial charge in [-0.2, -0.15) is 0 Å². The molecule has 0 aromatic heterocycles. The van der Waals surface area contributed by atoms with Crippen LogP contribution in [0.1, 0.15) is 31.2 Å². The number of ether oxygens (including phenoxy) is 3. The molecule has 13 nitrogen and oxygen atoms in total. The number of aliphatic hydroxyl groups excluding tert-OH is 2. The summed E-state index contributed by atoms with van der Waals surface area (Å²) in [6.07, 6.45) is -3.44. The number of phenols is 1. The molecular weight excluding hydrogens is 560 g/mol. The lowest BCUT2D eigenvalue weighted by molar-refractivity contribution is -0.150. The highest BCUT2D eigenvalue weighted by Gasteiger charge is 2.47.